The van der Waals surface area contributed by atoms with Crippen molar-refractivity contribution in [2.45, 2.75) is 0 Å². The van der Waals surface area contributed by atoms with Gasteiger partial charge in [0.2, 0.25) is 0 Å². The topological polar surface area (TPSA) is 24.5 Å². The summed E-state index contributed by atoms with van der Waals surface area (Å²) in [4.78, 5) is 2.34. The van der Waals surface area contributed by atoms with Gasteiger partial charge >= 0.3 is 0 Å². The molecular weight excluding hydrogens is 295 g/mol. The number of rotatable bonds is 4. The fourth-order valence-electron chi connectivity index (χ4n) is 1.87. The summed E-state index contributed by atoms with van der Waals surface area (Å²) >= 11 is 18.0. The van der Waals surface area contributed by atoms with E-state index in [9.17, 15) is 0 Å². The number of hydrogen-bond acceptors (Lipinski definition) is 3. The lowest BCUT2D eigenvalue weighted by atomic mass is 10.3. The number of morpholine rings is 1. The normalized spacial score (nSPS) is 16.8. The van der Waals surface area contributed by atoms with Crippen LogP contribution in [0, 0.1) is 0 Å². The highest BCUT2D eigenvalue weighted by molar-refractivity contribution is 6.41. The molecular formula is C12H15Cl3N2O. The molecule has 0 aromatic heterocycles. The van der Waals surface area contributed by atoms with E-state index in [-0.39, 0.29) is 0 Å². The molecule has 1 fully saturated rings. The molecule has 0 radical (unpaired) electrons. The largest absolute Gasteiger partial charge is 0.381 e. The van der Waals surface area contributed by atoms with Crippen molar-refractivity contribution in [1.29, 1.82) is 0 Å². The van der Waals surface area contributed by atoms with Crippen molar-refractivity contribution >= 4 is 40.5 Å². The lowest BCUT2D eigenvalue weighted by Gasteiger charge is -2.26. The molecule has 100 valence electrons. The number of halogens is 3. The molecule has 0 amide bonds. The first-order chi connectivity index (χ1) is 8.66. The van der Waals surface area contributed by atoms with Crippen LogP contribution >= 0.6 is 34.8 Å². The van der Waals surface area contributed by atoms with Gasteiger partial charge in [0.15, 0.2) is 0 Å². The van der Waals surface area contributed by atoms with Gasteiger partial charge in [0.25, 0.3) is 0 Å². The van der Waals surface area contributed by atoms with Gasteiger partial charge in [0, 0.05) is 31.2 Å². The van der Waals surface area contributed by atoms with Crippen molar-refractivity contribution in [3.8, 4) is 0 Å². The number of nitrogens with zero attached hydrogens (tertiary/aromatic N) is 1. The molecule has 6 heteroatoms. The average molecular weight is 310 g/mol. The van der Waals surface area contributed by atoms with Gasteiger partial charge in [-0.1, -0.05) is 34.8 Å². The Kier molecular flexibility index (Phi) is 5.39. The summed E-state index contributed by atoms with van der Waals surface area (Å²) in [5.41, 5.74) is 0.746. The minimum absolute atomic E-state index is 0.545. The van der Waals surface area contributed by atoms with E-state index in [0.717, 1.165) is 45.1 Å². The number of anilines is 1. The summed E-state index contributed by atoms with van der Waals surface area (Å²) in [6.07, 6.45) is 0. The predicted octanol–water partition coefficient (Wildman–Crippen LogP) is 3.39. The zero-order valence-corrected chi connectivity index (χ0v) is 12.2. The molecule has 0 aliphatic carbocycles. The Morgan fingerprint density at radius 2 is 1.72 bits per heavy atom. The van der Waals surface area contributed by atoms with Crippen LogP contribution in [0.4, 0.5) is 5.69 Å². The number of benzene rings is 1. The van der Waals surface area contributed by atoms with E-state index in [4.69, 9.17) is 39.5 Å². The summed E-state index contributed by atoms with van der Waals surface area (Å²) in [5, 5.41) is 4.90. The third-order valence-corrected chi connectivity index (χ3v) is 3.65. The first-order valence-corrected chi connectivity index (χ1v) is 6.99. The molecule has 1 heterocycles. The van der Waals surface area contributed by atoms with E-state index in [1.807, 2.05) is 0 Å². The highest BCUT2D eigenvalue weighted by Gasteiger charge is 2.11. The van der Waals surface area contributed by atoms with Crippen molar-refractivity contribution in [3.05, 3.63) is 27.2 Å². The summed E-state index contributed by atoms with van der Waals surface area (Å²) in [6.45, 7) is 5.30. The quantitative estimate of drug-likeness (QED) is 0.922. The van der Waals surface area contributed by atoms with Crippen molar-refractivity contribution in [2.24, 2.45) is 0 Å². The Morgan fingerprint density at radius 3 is 2.33 bits per heavy atom. The minimum atomic E-state index is 0.545. The molecule has 0 bridgehead atoms. The highest BCUT2D eigenvalue weighted by Crippen LogP contribution is 2.33. The van der Waals surface area contributed by atoms with Gasteiger partial charge in [-0.25, -0.2) is 0 Å². The predicted molar refractivity (Wildman–Crippen MR) is 77.2 cm³/mol. The first kappa shape index (κ1) is 14.2. The molecule has 1 aliphatic rings. The van der Waals surface area contributed by atoms with Gasteiger partial charge < -0.3 is 10.1 Å². The molecule has 1 aliphatic heterocycles. The molecule has 0 spiro atoms. The van der Waals surface area contributed by atoms with Crippen LogP contribution in [0.25, 0.3) is 0 Å². The third kappa shape index (κ3) is 3.90. The standard InChI is InChI=1S/C12H15Cl3N2O/c13-9-7-10(14)12(11(15)8-9)16-1-2-17-3-5-18-6-4-17/h7-8,16H,1-6H2. The van der Waals surface area contributed by atoms with Crippen molar-refractivity contribution in [2.75, 3.05) is 44.7 Å². The van der Waals surface area contributed by atoms with Crippen LogP contribution < -0.4 is 5.32 Å². The van der Waals surface area contributed by atoms with Crippen LogP contribution in [0.5, 0.6) is 0 Å². The van der Waals surface area contributed by atoms with Crippen molar-refractivity contribution in [3.63, 3.8) is 0 Å². The van der Waals surface area contributed by atoms with Crippen LogP contribution in [0.15, 0.2) is 12.1 Å². The second kappa shape index (κ2) is 6.83. The second-order valence-electron chi connectivity index (χ2n) is 4.13. The van der Waals surface area contributed by atoms with E-state index >= 15 is 0 Å². The lowest BCUT2D eigenvalue weighted by Crippen LogP contribution is -2.39. The monoisotopic (exact) mass is 308 g/mol. The molecule has 1 saturated heterocycles. The summed E-state index contributed by atoms with van der Waals surface area (Å²) < 4.78 is 5.30. The van der Waals surface area contributed by atoms with Crippen LogP contribution in [-0.4, -0.2) is 44.3 Å². The molecule has 0 unspecified atom stereocenters. The van der Waals surface area contributed by atoms with Crippen LogP contribution in [0.1, 0.15) is 0 Å². The smallest absolute Gasteiger partial charge is 0.0720 e. The Morgan fingerprint density at radius 1 is 1.11 bits per heavy atom. The molecule has 18 heavy (non-hydrogen) atoms. The van der Waals surface area contributed by atoms with Gasteiger partial charge in [-0.3, -0.25) is 4.90 Å². The molecule has 1 N–H and O–H groups in total. The maximum atomic E-state index is 6.09. The van der Waals surface area contributed by atoms with Crippen LogP contribution in [0.2, 0.25) is 15.1 Å². The minimum Gasteiger partial charge on any atom is -0.381 e. The lowest BCUT2D eigenvalue weighted by molar-refractivity contribution is 0.0398. The summed E-state index contributed by atoms with van der Waals surface area (Å²) in [7, 11) is 0. The van der Waals surface area contributed by atoms with Crippen LogP contribution in [-0.2, 0) is 4.74 Å². The Hall–Kier alpha value is -0.190. The van der Waals surface area contributed by atoms with E-state index in [1.54, 1.807) is 12.1 Å². The maximum absolute atomic E-state index is 6.09. The maximum Gasteiger partial charge on any atom is 0.0720 e. The van der Waals surface area contributed by atoms with Gasteiger partial charge in [-0.15, -0.1) is 0 Å². The van der Waals surface area contributed by atoms with E-state index in [0.29, 0.717) is 15.1 Å². The van der Waals surface area contributed by atoms with E-state index < -0.39 is 0 Å². The summed E-state index contributed by atoms with van der Waals surface area (Å²) in [5.74, 6) is 0. The fraction of sp³-hybridized carbons (Fsp3) is 0.500. The SMILES string of the molecule is Clc1cc(Cl)c(NCCN2CCOCC2)c(Cl)c1. The van der Waals surface area contributed by atoms with Crippen molar-refractivity contribution < 1.29 is 4.74 Å². The molecule has 1 aromatic rings. The van der Waals surface area contributed by atoms with Crippen molar-refractivity contribution in [1.82, 2.24) is 4.90 Å². The number of hydrogen-bond donors (Lipinski definition) is 1. The molecule has 1 aromatic carbocycles. The Labute approximate surface area is 122 Å². The first-order valence-electron chi connectivity index (χ1n) is 5.85. The van der Waals surface area contributed by atoms with Gasteiger partial charge in [0.1, 0.15) is 0 Å². The zero-order valence-electron chi connectivity index (χ0n) is 9.89. The van der Waals surface area contributed by atoms with Gasteiger partial charge in [-0.2, -0.15) is 0 Å². The molecule has 0 saturated carbocycles. The highest BCUT2D eigenvalue weighted by atomic mass is 35.5. The Balaban J connectivity index is 1.86. The molecule has 3 nitrogen and oxygen atoms in total. The van der Waals surface area contributed by atoms with Gasteiger partial charge in [-0.05, 0) is 12.1 Å². The van der Waals surface area contributed by atoms with Gasteiger partial charge in [0.05, 0.1) is 28.9 Å². The van der Waals surface area contributed by atoms with Crippen LogP contribution in [0.3, 0.4) is 0 Å². The fourth-order valence-corrected chi connectivity index (χ4v) is 2.83. The number of ether oxygens (including phenoxy) is 1. The molecule has 2 rings (SSSR count). The zero-order chi connectivity index (χ0) is 13.0. The Bertz CT molecular complexity index is 385. The second-order valence-corrected chi connectivity index (χ2v) is 5.38. The van der Waals surface area contributed by atoms with E-state index in [1.165, 1.54) is 0 Å². The van der Waals surface area contributed by atoms with E-state index in [2.05, 4.69) is 10.2 Å². The molecule has 0 atom stereocenters. The third-order valence-electron chi connectivity index (χ3n) is 2.84. The average Bonchev–Trinajstić information content (AvgIpc) is 2.34. The summed E-state index contributed by atoms with van der Waals surface area (Å²) in [6, 6.07) is 3.37. The number of nitrogens with one attached hydrogen (secondary N) is 1.